The van der Waals surface area contributed by atoms with Gasteiger partial charge in [-0.15, -0.1) is 0 Å². The highest BCUT2D eigenvalue weighted by atomic mass is 19.3. The lowest BCUT2D eigenvalue weighted by atomic mass is 9.89. The molecule has 0 bridgehead atoms. The SMILES string of the molecule is C[C@@H]1Cc2c([nH]c3ccccc23)[C@@H](c2cnc(N3CCN(CC4CCN(c5ccc(N6CCC(=O)NC6=O)cc5)CC4)CC3)nc2)N1CC(F)F. The van der Waals surface area contributed by atoms with Crippen LogP contribution in [0.5, 0.6) is 0 Å². The number of fused-ring (bicyclic) bond motifs is 3. The first-order valence-corrected chi connectivity index (χ1v) is 18.2. The number of rotatable bonds is 8. The molecular formula is C38H45F2N9O2. The van der Waals surface area contributed by atoms with E-state index < -0.39 is 6.43 Å². The van der Waals surface area contributed by atoms with Crippen molar-refractivity contribution in [3.05, 3.63) is 77.7 Å². The lowest BCUT2D eigenvalue weighted by Gasteiger charge is -2.41. The van der Waals surface area contributed by atoms with Crippen LogP contribution >= 0.6 is 0 Å². The zero-order valence-corrected chi connectivity index (χ0v) is 29.0. The van der Waals surface area contributed by atoms with E-state index in [9.17, 15) is 18.4 Å². The van der Waals surface area contributed by atoms with Gasteiger partial charge in [-0.1, -0.05) is 18.2 Å². The molecule has 0 unspecified atom stereocenters. The number of imide groups is 1. The summed E-state index contributed by atoms with van der Waals surface area (Å²) in [5.74, 6) is 1.10. The van der Waals surface area contributed by atoms with Crippen LogP contribution in [0.2, 0.25) is 0 Å². The molecule has 4 aliphatic rings. The second kappa shape index (κ2) is 14.2. The summed E-state index contributed by atoms with van der Waals surface area (Å²) in [7, 11) is 0. The van der Waals surface area contributed by atoms with Gasteiger partial charge in [-0.2, -0.15) is 0 Å². The molecule has 0 saturated carbocycles. The molecule has 8 rings (SSSR count). The number of aromatic amines is 1. The third-order valence-electron chi connectivity index (χ3n) is 11.2. The number of nitrogens with one attached hydrogen (secondary N) is 2. The molecule has 2 aromatic carbocycles. The second-order valence-corrected chi connectivity index (χ2v) is 14.4. The zero-order valence-electron chi connectivity index (χ0n) is 29.0. The van der Waals surface area contributed by atoms with E-state index in [1.165, 1.54) is 5.56 Å². The summed E-state index contributed by atoms with van der Waals surface area (Å²) in [6.45, 7) is 8.79. The number of halogens is 2. The van der Waals surface area contributed by atoms with Crippen LogP contribution in [0.15, 0.2) is 60.9 Å². The van der Waals surface area contributed by atoms with Crippen LogP contribution < -0.4 is 20.0 Å². The molecule has 268 valence electrons. The molecule has 6 heterocycles. The van der Waals surface area contributed by atoms with Gasteiger partial charge in [-0.25, -0.2) is 23.5 Å². The van der Waals surface area contributed by atoms with E-state index in [1.54, 1.807) is 4.90 Å². The van der Waals surface area contributed by atoms with Crippen molar-refractivity contribution >= 4 is 40.2 Å². The van der Waals surface area contributed by atoms with Gasteiger partial charge in [0.05, 0.1) is 12.6 Å². The number of urea groups is 1. The molecule has 2 atom stereocenters. The average Bonchev–Trinajstić information content (AvgIpc) is 3.50. The normalized spacial score (nSPS) is 22.5. The first-order valence-electron chi connectivity index (χ1n) is 18.2. The molecule has 3 fully saturated rings. The standard InChI is InChI=1S/C38H45F2N9O2/c1-25-20-31-30-4-2-3-5-32(30)43-35(31)36(49(25)24-33(39)40)27-21-41-37(42-22-27)47-18-16-45(17-19-47)23-26-10-13-46(14-11-26)28-6-8-29(9-7-28)48-15-12-34(50)44-38(48)51/h2-9,21-22,25-26,33,36,43H,10-20,23-24H2,1H3,(H,44,50,51)/t25-,36-/m1/s1. The summed E-state index contributed by atoms with van der Waals surface area (Å²) >= 11 is 0. The van der Waals surface area contributed by atoms with E-state index in [0.717, 1.165) is 92.2 Å². The zero-order chi connectivity index (χ0) is 35.1. The molecule has 4 aliphatic heterocycles. The minimum atomic E-state index is -2.44. The predicted molar refractivity (Wildman–Crippen MR) is 194 cm³/mol. The van der Waals surface area contributed by atoms with Crippen LogP contribution in [-0.2, 0) is 11.2 Å². The molecule has 11 nitrogen and oxygen atoms in total. The molecule has 0 aliphatic carbocycles. The quantitative estimate of drug-likeness (QED) is 0.264. The smallest absolute Gasteiger partial charge is 0.328 e. The Labute approximate surface area is 296 Å². The van der Waals surface area contributed by atoms with E-state index in [0.29, 0.717) is 31.3 Å². The Hall–Kier alpha value is -4.62. The highest BCUT2D eigenvalue weighted by Gasteiger charge is 2.37. The fourth-order valence-corrected chi connectivity index (χ4v) is 8.47. The van der Waals surface area contributed by atoms with Crippen LogP contribution in [0.1, 0.15) is 49.0 Å². The number of piperidine rings is 1. The van der Waals surface area contributed by atoms with Gasteiger partial charge in [0.15, 0.2) is 0 Å². The van der Waals surface area contributed by atoms with Crippen LogP contribution in [-0.4, -0.2) is 108 Å². The topological polar surface area (TPSA) is 104 Å². The predicted octanol–water partition coefficient (Wildman–Crippen LogP) is 5.04. The summed E-state index contributed by atoms with van der Waals surface area (Å²) < 4.78 is 27.6. The third kappa shape index (κ3) is 6.88. The average molecular weight is 698 g/mol. The Kier molecular flexibility index (Phi) is 9.32. The summed E-state index contributed by atoms with van der Waals surface area (Å²) in [4.78, 5) is 47.5. The molecular weight excluding hydrogens is 652 g/mol. The van der Waals surface area contributed by atoms with Crippen molar-refractivity contribution in [3.63, 3.8) is 0 Å². The minimum Gasteiger partial charge on any atom is -0.372 e. The molecule has 0 spiro atoms. The molecule has 3 amide bonds. The second-order valence-electron chi connectivity index (χ2n) is 14.4. The number of nitrogens with zero attached hydrogens (tertiary/aromatic N) is 7. The van der Waals surface area contributed by atoms with Crippen molar-refractivity contribution in [3.8, 4) is 0 Å². The Morgan fingerprint density at radius 3 is 2.27 bits per heavy atom. The Morgan fingerprint density at radius 2 is 1.57 bits per heavy atom. The number of piperazine rings is 1. The van der Waals surface area contributed by atoms with E-state index in [1.807, 2.05) is 54.5 Å². The van der Waals surface area contributed by atoms with Crippen molar-refractivity contribution in [2.45, 2.75) is 51.1 Å². The van der Waals surface area contributed by atoms with Crippen molar-refractivity contribution in [1.29, 1.82) is 0 Å². The van der Waals surface area contributed by atoms with Gasteiger partial charge in [0.2, 0.25) is 11.9 Å². The van der Waals surface area contributed by atoms with Crippen molar-refractivity contribution in [2.24, 2.45) is 5.92 Å². The summed E-state index contributed by atoms with van der Waals surface area (Å²) in [6, 6.07) is 15.5. The molecule has 0 radical (unpaired) electrons. The van der Waals surface area contributed by atoms with Gasteiger partial charge in [-0.3, -0.25) is 24.8 Å². The Bertz CT molecular complexity index is 1850. The summed E-state index contributed by atoms with van der Waals surface area (Å²) in [6.07, 6.45) is 4.52. The maximum atomic E-state index is 13.8. The molecule has 13 heteroatoms. The van der Waals surface area contributed by atoms with Gasteiger partial charge >= 0.3 is 6.03 Å². The summed E-state index contributed by atoms with van der Waals surface area (Å²) in [5.41, 5.74) is 5.97. The molecule has 2 aromatic heterocycles. The minimum absolute atomic E-state index is 0.0486. The number of carbonyl (C=O) groups is 2. The van der Waals surface area contributed by atoms with Crippen molar-refractivity contribution < 1.29 is 18.4 Å². The first-order chi connectivity index (χ1) is 24.8. The third-order valence-corrected chi connectivity index (χ3v) is 11.2. The van der Waals surface area contributed by atoms with Gasteiger partial charge in [0, 0.05) is 111 Å². The van der Waals surface area contributed by atoms with Gasteiger partial charge in [0.1, 0.15) is 0 Å². The number of para-hydroxylation sites is 1. The number of alkyl halides is 2. The number of carbonyl (C=O) groups excluding carboxylic acids is 2. The number of H-pyrrole nitrogens is 1. The first kappa shape index (κ1) is 33.5. The van der Waals surface area contributed by atoms with Crippen LogP contribution in [0.25, 0.3) is 10.9 Å². The Balaban J connectivity index is 0.850. The molecule has 2 N–H and O–H groups in total. The molecule has 3 saturated heterocycles. The van der Waals surface area contributed by atoms with Crippen LogP contribution in [0.3, 0.4) is 0 Å². The number of hydrogen-bond donors (Lipinski definition) is 2. The van der Waals surface area contributed by atoms with E-state index in [4.69, 9.17) is 9.97 Å². The number of benzene rings is 2. The van der Waals surface area contributed by atoms with Crippen molar-refractivity contribution in [1.82, 2.24) is 30.1 Å². The van der Waals surface area contributed by atoms with E-state index in [-0.39, 0.29) is 30.6 Å². The van der Waals surface area contributed by atoms with Crippen LogP contribution in [0, 0.1) is 5.92 Å². The van der Waals surface area contributed by atoms with Gasteiger partial charge in [0.25, 0.3) is 6.43 Å². The van der Waals surface area contributed by atoms with Gasteiger partial charge in [-0.05, 0) is 68.0 Å². The lowest BCUT2D eigenvalue weighted by molar-refractivity contribution is -0.120. The Morgan fingerprint density at radius 1 is 0.863 bits per heavy atom. The lowest BCUT2D eigenvalue weighted by Crippen LogP contribution is -2.49. The highest BCUT2D eigenvalue weighted by Crippen LogP contribution is 2.41. The number of aromatic nitrogens is 3. The number of amides is 3. The fraction of sp³-hybridized carbons (Fsp3) is 0.474. The van der Waals surface area contributed by atoms with Crippen LogP contribution in [0.4, 0.5) is 30.9 Å². The largest absolute Gasteiger partial charge is 0.372 e. The van der Waals surface area contributed by atoms with E-state index >= 15 is 0 Å². The van der Waals surface area contributed by atoms with Gasteiger partial charge < -0.3 is 14.8 Å². The highest BCUT2D eigenvalue weighted by molar-refractivity contribution is 6.05. The number of hydrogen-bond acceptors (Lipinski definition) is 8. The van der Waals surface area contributed by atoms with E-state index in [2.05, 4.69) is 43.2 Å². The molecule has 4 aromatic rings. The summed E-state index contributed by atoms with van der Waals surface area (Å²) in [5, 5.41) is 3.54. The maximum absolute atomic E-state index is 13.8. The maximum Gasteiger partial charge on any atom is 0.328 e. The monoisotopic (exact) mass is 697 g/mol. The molecule has 51 heavy (non-hydrogen) atoms. The fourth-order valence-electron chi connectivity index (χ4n) is 8.47. The van der Waals surface area contributed by atoms with Crippen molar-refractivity contribution in [2.75, 3.05) is 73.6 Å². The number of anilines is 3.